The first kappa shape index (κ1) is 14.3. The third-order valence-electron chi connectivity index (χ3n) is 2.47. The summed E-state index contributed by atoms with van der Waals surface area (Å²) in [5.41, 5.74) is -0.165. The van der Waals surface area contributed by atoms with Crippen LogP contribution in [0.15, 0.2) is 40.9 Å². The van der Waals surface area contributed by atoms with Crippen molar-refractivity contribution in [3.63, 3.8) is 0 Å². The molecule has 0 aliphatic carbocycles. The Morgan fingerprint density at radius 1 is 1.20 bits per heavy atom. The molecule has 2 aromatic carbocycles. The average molecular weight is 342 g/mol. The molecule has 5 nitrogen and oxygen atoms in total. The van der Waals surface area contributed by atoms with Gasteiger partial charge in [-0.15, -0.1) is 0 Å². The zero-order valence-electron chi connectivity index (χ0n) is 10.3. The fourth-order valence-electron chi connectivity index (χ4n) is 1.55. The Hall–Kier alpha value is -2.15. The fourth-order valence-corrected chi connectivity index (χ4v) is 1.80. The highest BCUT2D eigenvalue weighted by atomic mass is 79.9. The Morgan fingerprint density at radius 3 is 2.45 bits per heavy atom. The van der Waals surface area contributed by atoms with E-state index in [-0.39, 0.29) is 17.2 Å². The Morgan fingerprint density at radius 2 is 1.85 bits per heavy atom. The molecule has 0 saturated carbocycles. The summed E-state index contributed by atoms with van der Waals surface area (Å²) in [6.07, 6.45) is 0. The van der Waals surface area contributed by atoms with Gasteiger partial charge in [-0.1, -0.05) is 0 Å². The van der Waals surface area contributed by atoms with Crippen molar-refractivity contribution in [3.8, 4) is 17.2 Å². The molecule has 0 bridgehead atoms. The third-order valence-corrected chi connectivity index (χ3v) is 3.12. The number of rotatable bonds is 4. The van der Waals surface area contributed by atoms with Gasteiger partial charge in [0.15, 0.2) is 0 Å². The van der Waals surface area contributed by atoms with Gasteiger partial charge in [-0.2, -0.15) is 0 Å². The molecule has 0 aliphatic rings. The van der Waals surface area contributed by atoms with Crippen molar-refractivity contribution in [2.45, 2.75) is 0 Å². The van der Waals surface area contributed by atoms with Crippen molar-refractivity contribution >= 4 is 21.6 Å². The molecule has 0 heterocycles. The molecule has 0 saturated heterocycles. The van der Waals surface area contributed by atoms with Gasteiger partial charge in [0.05, 0.1) is 16.5 Å². The minimum absolute atomic E-state index is 0.0742. The largest absolute Gasteiger partial charge is 0.490 e. The summed E-state index contributed by atoms with van der Waals surface area (Å²) in [6, 6.07) is 8.34. The summed E-state index contributed by atoms with van der Waals surface area (Å²) in [5.74, 6) is 0.206. The highest BCUT2D eigenvalue weighted by Gasteiger charge is 2.15. The molecular weight excluding hydrogens is 333 g/mol. The average Bonchev–Trinajstić information content (AvgIpc) is 2.42. The van der Waals surface area contributed by atoms with Crippen LogP contribution in [0.25, 0.3) is 0 Å². The van der Waals surface area contributed by atoms with Crippen molar-refractivity contribution in [1.29, 1.82) is 0 Å². The number of hydrogen-bond donors (Lipinski definition) is 0. The first-order chi connectivity index (χ1) is 9.51. The Balaban J connectivity index is 2.29. The summed E-state index contributed by atoms with van der Waals surface area (Å²) in [4.78, 5) is 10.2. The fraction of sp³-hybridized carbons (Fsp3) is 0.0769. The van der Waals surface area contributed by atoms with Crippen LogP contribution in [0.2, 0.25) is 0 Å². The van der Waals surface area contributed by atoms with Crippen LogP contribution < -0.4 is 9.47 Å². The van der Waals surface area contributed by atoms with Gasteiger partial charge in [-0.25, -0.2) is 4.39 Å². The van der Waals surface area contributed by atoms with Crippen LogP contribution in [-0.2, 0) is 0 Å². The Bertz CT molecular complexity index is 663. The number of halogens is 2. The maximum Gasteiger partial charge on any atom is 0.311 e. The van der Waals surface area contributed by atoms with Crippen LogP contribution in [0.4, 0.5) is 10.1 Å². The molecule has 0 aliphatic heterocycles. The first-order valence-electron chi connectivity index (χ1n) is 5.46. The maximum atomic E-state index is 13.4. The van der Waals surface area contributed by atoms with Gasteiger partial charge in [0.2, 0.25) is 5.75 Å². The lowest BCUT2D eigenvalue weighted by atomic mass is 10.2. The first-order valence-corrected chi connectivity index (χ1v) is 6.26. The quantitative estimate of drug-likeness (QED) is 0.614. The monoisotopic (exact) mass is 341 g/mol. The van der Waals surface area contributed by atoms with E-state index in [0.29, 0.717) is 10.2 Å². The number of nitro benzene ring substituents is 1. The maximum absolute atomic E-state index is 13.4. The van der Waals surface area contributed by atoms with E-state index >= 15 is 0 Å². The highest BCUT2D eigenvalue weighted by molar-refractivity contribution is 9.10. The van der Waals surface area contributed by atoms with E-state index in [1.165, 1.54) is 37.4 Å². The molecular formula is C13H9BrFNO4. The van der Waals surface area contributed by atoms with Gasteiger partial charge in [-0.05, 0) is 34.1 Å². The van der Waals surface area contributed by atoms with E-state index in [9.17, 15) is 14.5 Å². The minimum atomic E-state index is -0.554. The van der Waals surface area contributed by atoms with Crippen LogP contribution in [0.1, 0.15) is 0 Å². The van der Waals surface area contributed by atoms with Crippen LogP contribution in [-0.4, -0.2) is 12.0 Å². The van der Waals surface area contributed by atoms with E-state index in [4.69, 9.17) is 9.47 Å². The van der Waals surface area contributed by atoms with Crippen LogP contribution >= 0.6 is 15.9 Å². The SMILES string of the molecule is COc1cc(Oc2ccc(Br)c(F)c2)ccc1[N+](=O)[O-]. The van der Waals surface area contributed by atoms with E-state index in [0.717, 1.165) is 0 Å². The van der Waals surface area contributed by atoms with Crippen molar-refractivity contribution in [1.82, 2.24) is 0 Å². The van der Waals surface area contributed by atoms with Crippen LogP contribution in [0, 0.1) is 15.9 Å². The van der Waals surface area contributed by atoms with Crippen LogP contribution in [0.5, 0.6) is 17.2 Å². The van der Waals surface area contributed by atoms with E-state index in [2.05, 4.69) is 15.9 Å². The van der Waals surface area contributed by atoms with Crippen molar-refractivity contribution in [2.24, 2.45) is 0 Å². The Labute approximate surface area is 122 Å². The molecule has 20 heavy (non-hydrogen) atoms. The van der Waals surface area contributed by atoms with Gasteiger partial charge >= 0.3 is 5.69 Å². The lowest BCUT2D eigenvalue weighted by molar-refractivity contribution is -0.385. The van der Waals surface area contributed by atoms with E-state index < -0.39 is 10.7 Å². The molecule has 0 radical (unpaired) electrons. The van der Waals surface area contributed by atoms with Gasteiger partial charge < -0.3 is 9.47 Å². The van der Waals surface area contributed by atoms with Gasteiger partial charge in [0, 0.05) is 18.2 Å². The summed E-state index contributed by atoms with van der Waals surface area (Å²) in [6.45, 7) is 0. The molecule has 7 heteroatoms. The predicted octanol–water partition coefficient (Wildman–Crippen LogP) is 4.30. The molecule has 0 amide bonds. The molecule has 104 valence electrons. The standard InChI is InChI=1S/C13H9BrFNO4/c1-19-13-7-9(3-5-12(13)16(17)18)20-8-2-4-10(14)11(15)6-8/h2-7H,1H3. The summed E-state index contributed by atoms with van der Waals surface area (Å²) < 4.78 is 24.0. The Kier molecular flexibility index (Phi) is 4.19. The second kappa shape index (κ2) is 5.87. The van der Waals surface area contributed by atoms with E-state index in [1.54, 1.807) is 6.07 Å². The molecule has 0 fully saturated rings. The second-order valence-electron chi connectivity index (χ2n) is 3.77. The van der Waals surface area contributed by atoms with Crippen molar-refractivity contribution in [2.75, 3.05) is 7.11 Å². The van der Waals surface area contributed by atoms with Gasteiger partial charge in [-0.3, -0.25) is 10.1 Å². The molecule has 0 spiro atoms. The normalized spacial score (nSPS) is 10.2. The van der Waals surface area contributed by atoms with E-state index in [1.807, 2.05) is 0 Å². The summed E-state index contributed by atoms with van der Waals surface area (Å²) >= 11 is 3.04. The van der Waals surface area contributed by atoms with Gasteiger partial charge in [0.25, 0.3) is 0 Å². The van der Waals surface area contributed by atoms with Crippen LogP contribution in [0.3, 0.4) is 0 Å². The molecule has 2 aromatic rings. The lowest BCUT2D eigenvalue weighted by Crippen LogP contribution is -1.94. The van der Waals surface area contributed by atoms with Gasteiger partial charge in [0.1, 0.15) is 17.3 Å². The predicted molar refractivity (Wildman–Crippen MR) is 73.8 cm³/mol. The number of hydrogen-bond acceptors (Lipinski definition) is 4. The number of nitrogens with zero attached hydrogens (tertiary/aromatic N) is 1. The summed E-state index contributed by atoms with van der Waals surface area (Å²) in [5, 5.41) is 10.8. The smallest absolute Gasteiger partial charge is 0.311 e. The third kappa shape index (κ3) is 3.05. The molecule has 0 aromatic heterocycles. The zero-order chi connectivity index (χ0) is 14.7. The van der Waals surface area contributed by atoms with Crippen molar-refractivity contribution in [3.05, 3.63) is 56.8 Å². The highest BCUT2D eigenvalue weighted by Crippen LogP contribution is 2.33. The zero-order valence-corrected chi connectivity index (χ0v) is 11.9. The molecule has 0 N–H and O–H groups in total. The lowest BCUT2D eigenvalue weighted by Gasteiger charge is -2.08. The summed E-state index contributed by atoms with van der Waals surface area (Å²) in [7, 11) is 1.32. The number of benzene rings is 2. The molecule has 0 atom stereocenters. The number of methoxy groups -OCH3 is 1. The van der Waals surface area contributed by atoms with Crippen molar-refractivity contribution < 1.29 is 18.8 Å². The second-order valence-corrected chi connectivity index (χ2v) is 4.62. The number of ether oxygens (including phenoxy) is 2. The topological polar surface area (TPSA) is 61.6 Å². The number of nitro groups is 1. The minimum Gasteiger partial charge on any atom is -0.490 e. The molecule has 2 rings (SSSR count). The molecule has 0 unspecified atom stereocenters.